The Balaban J connectivity index is 2.31. The molecule has 1 aliphatic carbocycles. The second kappa shape index (κ2) is 5.50. The zero-order valence-electron chi connectivity index (χ0n) is 7.74. The molecule has 1 rings (SSSR count). The minimum atomic E-state index is -0.766. The van der Waals surface area contributed by atoms with Crippen LogP contribution in [-0.2, 0) is 4.79 Å². The van der Waals surface area contributed by atoms with Crippen molar-refractivity contribution in [3.63, 3.8) is 0 Å². The van der Waals surface area contributed by atoms with Crippen LogP contribution in [0.2, 0.25) is 0 Å². The quantitative estimate of drug-likeness (QED) is 0.726. The summed E-state index contributed by atoms with van der Waals surface area (Å²) in [7, 11) is 0. The van der Waals surface area contributed by atoms with Crippen molar-refractivity contribution >= 4 is 17.7 Å². The van der Waals surface area contributed by atoms with Crippen LogP contribution >= 0.6 is 11.8 Å². The van der Waals surface area contributed by atoms with Gasteiger partial charge < -0.3 is 10.8 Å². The predicted molar refractivity (Wildman–Crippen MR) is 54.9 cm³/mol. The summed E-state index contributed by atoms with van der Waals surface area (Å²) in [6.45, 7) is 0.247. The van der Waals surface area contributed by atoms with Gasteiger partial charge in [-0.05, 0) is 12.8 Å². The average molecular weight is 203 g/mol. The van der Waals surface area contributed by atoms with Crippen molar-refractivity contribution < 1.29 is 9.90 Å². The van der Waals surface area contributed by atoms with Crippen LogP contribution in [0.1, 0.15) is 32.1 Å². The minimum absolute atomic E-state index is 0.247. The SMILES string of the molecule is NCC(SC1CCCCC1)C(=O)O. The molecule has 1 saturated carbocycles. The summed E-state index contributed by atoms with van der Waals surface area (Å²) in [5.41, 5.74) is 5.39. The lowest BCUT2D eigenvalue weighted by atomic mass is 10.0. The Morgan fingerprint density at radius 1 is 1.46 bits per heavy atom. The van der Waals surface area contributed by atoms with Crippen LogP contribution in [-0.4, -0.2) is 28.1 Å². The maximum absolute atomic E-state index is 10.7. The fraction of sp³-hybridized carbons (Fsp3) is 0.889. The van der Waals surface area contributed by atoms with Crippen LogP contribution in [0.3, 0.4) is 0 Å². The summed E-state index contributed by atoms with van der Waals surface area (Å²) in [4.78, 5) is 10.7. The third-order valence-electron chi connectivity index (χ3n) is 2.40. The Morgan fingerprint density at radius 3 is 2.54 bits per heavy atom. The second-order valence-electron chi connectivity index (χ2n) is 3.46. The molecule has 0 aromatic carbocycles. The van der Waals surface area contributed by atoms with Gasteiger partial charge in [-0.1, -0.05) is 19.3 Å². The van der Waals surface area contributed by atoms with Gasteiger partial charge >= 0.3 is 5.97 Å². The number of carboxylic acids is 1. The molecule has 1 unspecified atom stereocenters. The van der Waals surface area contributed by atoms with Gasteiger partial charge in [-0.3, -0.25) is 4.79 Å². The standard InChI is InChI=1S/C9H17NO2S/c10-6-8(9(11)12)13-7-4-2-1-3-5-7/h7-8H,1-6,10H2,(H,11,12). The number of carboxylic acid groups (broad SMARTS) is 1. The van der Waals surface area contributed by atoms with E-state index in [2.05, 4.69) is 0 Å². The highest BCUT2D eigenvalue weighted by Gasteiger charge is 2.22. The molecule has 1 atom stereocenters. The van der Waals surface area contributed by atoms with E-state index in [-0.39, 0.29) is 6.54 Å². The van der Waals surface area contributed by atoms with E-state index < -0.39 is 11.2 Å². The summed E-state index contributed by atoms with van der Waals surface area (Å²) in [5, 5.41) is 8.93. The van der Waals surface area contributed by atoms with Crippen LogP contribution in [0, 0.1) is 0 Å². The molecule has 3 N–H and O–H groups in total. The lowest BCUT2D eigenvalue weighted by Crippen LogP contribution is -2.29. The minimum Gasteiger partial charge on any atom is -0.480 e. The van der Waals surface area contributed by atoms with Gasteiger partial charge in [0.25, 0.3) is 0 Å². The highest BCUT2D eigenvalue weighted by molar-refractivity contribution is 8.01. The Hall–Kier alpha value is -0.220. The number of aliphatic carboxylic acids is 1. The van der Waals surface area contributed by atoms with Crippen LogP contribution in [0.15, 0.2) is 0 Å². The van der Waals surface area contributed by atoms with Gasteiger partial charge in [0.2, 0.25) is 0 Å². The Labute approximate surface area is 83.1 Å². The summed E-state index contributed by atoms with van der Waals surface area (Å²) in [6, 6.07) is 0. The van der Waals surface area contributed by atoms with Gasteiger partial charge in [-0.2, -0.15) is 0 Å². The molecule has 4 heteroatoms. The first-order valence-corrected chi connectivity index (χ1v) is 5.76. The first kappa shape index (κ1) is 10.9. The first-order valence-electron chi connectivity index (χ1n) is 4.82. The third-order valence-corrected chi connectivity index (χ3v) is 3.98. The van der Waals surface area contributed by atoms with E-state index in [9.17, 15) is 4.79 Å². The van der Waals surface area contributed by atoms with Crippen molar-refractivity contribution in [2.24, 2.45) is 5.73 Å². The van der Waals surface area contributed by atoms with Crippen molar-refractivity contribution in [2.45, 2.75) is 42.6 Å². The van der Waals surface area contributed by atoms with Crippen molar-refractivity contribution in [2.75, 3.05) is 6.54 Å². The largest absolute Gasteiger partial charge is 0.480 e. The molecule has 0 spiro atoms. The molecule has 0 aliphatic heterocycles. The summed E-state index contributed by atoms with van der Waals surface area (Å²) >= 11 is 1.55. The molecule has 1 aliphatic rings. The maximum atomic E-state index is 10.7. The Bertz CT molecular complexity index is 169. The van der Waals surface area contributed by atoms with Crippen LogP contribution in [0.4, 0.5) is 0 Å². The van der Waals surface area contributed by atoms with Gasteiger partial charge in [0.15, 0.2) is 0 Å². The molecule has 0 aromatic rings. The first-order chi connectivity index (χ1) is 6.24. The van der Waals surface area contributed by atoms with Crippen LogP contribution < -0.4 is 5.73 Å². The molecule has 0 bridgehead atoms. The fourth-order valence-corrected chi connectivity index (χ4v) is 2.95. The zero-order valence-corrected chi connectivity index (χ0v) is 8.55. The maximum Gasteiger partial charge on any atom is 0.317 e. The number of carbonyl (C=O) groups is 1. The zero-order chi connectivity index (χ0) is 9.68. The van der Waals surface area contributed by atoms with Gasteiger partial charge in [-0.25, -0.2) is 0 Å². The molecule has 0 radical (unpaired) electrons. The number of hydrogen-bond donors (Lipinski definition) is 2. The van der Waals surface area contributed by atoms with E-state index in [1.54, 1.807) is 11.8 Å². The number of thioether (sulfide) groups is 1. The number of nitrogens with two attached hydrogens (primary N) is 1. The van der Waals surface area contributed by atoms with Gasteiger partial charge in [0.05, 0.1) is 0 Å². The topological polar surface area (TPSA) is 63.3 Å². The molecular weight excluding hydrogens is 186 g/mol. The molecule has 13 heavy (non-hydrogen) atoms. The molecule has 76 valence electrons. The Kier molecular flexibility index (Phi) is 4.59. The summed E-state index contributed by atoms with van der Waals surface area (Å²) in [6.07, 6.45) is 6.11. The molecule has 0 aromatic heterocycles. The second-order valence-corrected chi connectivity index (χ2v) is 4.97. The molecule has 3 nitrogen and oxygen atoms in total. The average Bonchev–Trinajstić information content (AvgIpc) is 2.15. The highest BCUT2D eigenvalue weighted by atomic mass is 32.2. The number of rotatable bonds is 4. The smallest absolute Gasteiger partial charge is 0.317 e. The van der Waals surface area contributed by atoms with Crippen LogP contribution in [0.5, 0.6) is 0 Å². The van der Waals surface area contributed by atoms with E-state index in [1.165, 1.54) is 19.3 Å². The van der Waals surface area contributed by atoms with Crippen molar-refractivity contribution in [3.8, 4) is 0 Å². The molecule has 0 saturated heterocycles. The van der Waals surface area contributed by atoms with Crippen molar-refractivity contribution in [1.82, 2.24) is 0 Å². The normalized spacial score (nSPS) is 21.3. The fourth-order valence-electron chi connectivity index (χ4n) is 1.65. The molecule has 1 fully saturated rings. The van der Waals surface area contributed by atoms with E-state index in [1.807, 2.05) is 0 Å². The number of hydrogen-bond acceptors (Lipinski definition) is 3. The van der Waals surface area contributed by atoms with Crippen molar-refractivity contribution in [3.05, 3.63) is 0 Å². The highest BCUT2D eigenvalue weighted by Crippen LogP contribution is 2.30. The van der Waals surface area contributed by atoms with Crippen LogP contribution in [0.25, 0.3) is 0 Å². The lowest BCUT2D eigenvalue weighted by Gasteiger charge is -2.23. The van der Waals surface area contributed by atoms with E-state index in [0.717, 1.165) is 12.8 Å². The van der Waals surface area contributed by atoms with Gasteiger partial charge in [0.1, 0.15) is 5.25 Å². The Morgan fingerprint density at radius 2 is 2.08 bits per heavy atom. The molecule has 0 heterocycles. The summed E-state index contributed by atoms with van der Waals surface area (Å²) < 4.78 is 0. The third kappa shape index (κ3) is 3.56. The lowest BCUT2D eigenvalue weighted by molar-refractivity contribution is -0.136. The van der Waals surface area contributed by atoms with E-state index in [4.69, 9.17) is 10.8 Å². The molecular formula is C9H17NO2S. The van der Waals surface area contributed by atoms with E-state index >= 15 is 0 Å². The predicted octanol–water partition coefficient (Wildman–Crippen LogP) is 1.46. The van der Waals surface area contributed by atoms with Gasteiger partial charge in [0, 0.05) is 11.8 Å². The van der Waals surface area contributed by atoms with Crippen molar-refractivity contribution in [1.29, 1.82) is 0 Å². The van der Waals surface area contributed by atoms with Gasteiger partial charge in [-0.15, -0.1) is 11.8 Å². The van der Waals surface area contributed by atoms with E-state index in [0.29, 0.717) is 5.25 Å². The molecule has 0 amide bonds. The summed E-state index contributed by atoms with van der Waals surface area (Å²) in [5.74, 6) is -0.766. The monoisotopic (exact) mass is 203 g/mol.